The van der Waals surface area contributed by atoms with Crippen molar-refractivity contribution in [3.63, 3.8) is 0 Å². The highest BCUT2D eigenvalue weighted by Gasteiger charge is 2.26. The number of carbonyl (C=O) groups excluding carboxylic acids is 2. The first kappa shape index (κ1) is 26.3. The number of nitrogens with zero attached hydrogens (tertiary/aromatic N) is 1. The second-order valence-electron chi connectivity index (χ2n) is 8.45. The minimum Gasteiger partial charge on any atom is -0.379 e. The van der Waals surface area contributed by atoms with Gasteiger partial charge in [0.1, 0.15) is 0 Å². The van der Waals surface area contributed by atoms with Crippen molar-refractivity contribution in [1.82, 2.24) is 9.62 Å². The molecule has 1 heterocycles. The summed E-state index contributed by atoms with van der Waals surface area (Å²) in [6.45, 7) is 1.90. The number of hydrogen-bond donors (Lipinski definition) is 2. The second-order valence-corrected chi connectivity index (χ2v) is 10.4. The minimum atomic E-state index is -3.57. The summed E-state index contributed by atoms with van der Waals surface area (Å²) < 4.78 is 32.1. The monoisotopic (exact) mass is 519 g/mol. The summed E-state index contributed by atoms with van der Waals surface area (Å²) in [5.74, 6) is -0.678. The molecule has 1 fully saturated rings. The average molecular weight is 520 g/mol. The molecule has 4 rings (SSSR count). The van der Waals surface area contributed by atoms with Gasteiger partial charge in [0, 0.05) is 25.7 Å². The lowest BCUT2D eigenvalue weighted by molar-refractivity contribution is -0.111. The van der Waals surface area contributed by atoms with Crippen molar-refractivity contribution in [2.75, 3.05) is 38.2 Å². The Bertz CT molecular complexity index is 1350. The van der Waals surface area contributed by atoms with Crippen molar-refractivity contribution in [3.8, 4) is 0 Å². The number of ether oxygens (including phenoxy) is 1. The van der Waals surface area contributed by atoms with E-state index in [2.05, 4.69) is 10.6 Å². The first-order valence-corrected chi connectivity index (χ1v) is 13.5. The van der Waals surface area contributed by atoms with E-state index in [-0.39, 0.29) is 10.8 Å². The van der Waals surface area contributed by atoms with E-state index in [4.69, 9.17) is 4.74 Å². The van der Waals surface area contributed by atoms with Crippen molar-refractivity contribution < 1.29 is 22.7 Å². The number of sulfonamides is 1. The van der Waals surface area contributed by atoms with Gasteiger partial charge in [-0.1, -0.05) is 54.6 Å². The number of nitrogens with one attached hydrogen (secondary N) is 2. The number of hydrogen-bond acceptors (Lipinski definition) is 5. The van der Waals surface area contributed by atoms with Crippen LogP contribution in [0.1, 0.15) is 21.5 Å². The number of rotatable bonds is 9. The summed E-state index contributed by atoms with van der Waals surface area (Å²) in [6, 6.07) is 23.0. The molecule has 0 bridgehead atoms. The highest BCUT2D eigenvalue weighted by atomic mass is 32.2. The largest absolute Gasteiger partial charge is 0.379 e. The molecule has 2 amide bonds. The highest BCUT2D eigenvalue weighted by Crippen LogP contribution is 2.19. The topological polar surface area (TPSA) is 105 Å². The molecule has 1 aliphatic heterocycles. The van der Waals surface area contributed by atoms with Gasteiger partial charge in [0.25, 0.3) is 5.91 Å². The third-order valence-electron chi connectivity index (χ3n) is 5.89. The maximum atomic E-state index is 12.7. The van der Waals surface area contributed by atoms with E-state index in [0.717, 1.165) is 5.56 Å². The molecule has 0 unspecified atom stereocenters. The molecule has 192 valence electrons. The summed E-state index contributed by atoms with van der Waals surface area (Å²) in [6.07, 6.45) is 3.63. The molecule has 0 aromatic heterocycles. The fourth-order valence-corrected chi connectivity index (χ4v) is 5.29. The molecule has 0 radical (unpaired) electrons. The zero-order valence-electron chi connectivity index (χ0n) is 20.3. The van der Waals surface area contributed by atoms with Crippen LogP contribution in [0, 0.1) is 0 Å². The normalized spacial score (nSPS) is 14.4. The van der Waals surface area contributed by atoms with E-state index in [1.807, 2.05) is 30.3 Å². The lowest BCUT2D eigenvalue weighted by atomic mass is 10.1. The summed E-state index contributed by atoms with van der Waals surface area (Å²) >= 11 is 0. The maximum absolute atomic E-state index is 12.7. The number of benzene rings is 3. The van der Waals surface area contributed by atoms with Crippen LogP contribution >= 0.6 is 0 Å². The van der Waals surface area contributed by atoms with E-state index in [9.17, 15) is 18.0 Å². The number of anilines is 1. The minimum absolute atomic E-state index is 0.197. The highest BCUT2D eigenvalue weighted by molar-refractivity contribution is 7.89. The van der Waals surface area contributed by atoms with E-state index in [1.165, 1.54) is 22.5 Å². The van der Waals surface area contributed by atoms with Crippen LogP contribution < -0.4 is 10.6 Å². The lowest BCUT2D eigenvalue weighted by Crippen LogP contribution is -2.40. The van der Waals surface area contributed by atoms with Gasteiger partial charge in [0.2, 0.25) is 15.9 Å². The number of morpholine rings is 1. The molecule has 0 spiro atoms. The smallest absolute Gasteiger partial charge is 0.253 e. The van der Waals surface area contributed by atoms with Gasteiger partial charge in [-0.15, -0.1) is 0 Å². The van der Waals surface area contributed by atoms with Crippen LogP contribution in [0.15, 0.2) is 89.8 Å². The summed E-state index contributed by atoms with van der Waals surface area (Å²) in [7, 11) is -3.57. The van der Waals surface area contributed by atoms with Gasteiger partial charge in [-0.05, 0) is 47.9 Å². The average Bonchev–Trinajstić information content (AvgIpc) is 2.93. The van der Waals surface area contributed by atoms with Gasteiger partial charge < -0.3 is 15.4 Å². The van der Waals surface area contributed by atoms with Crippen LogP contribution in [0.3, 0.4) is 0 Å². The molecular formula is C28H29N3O5S. The molecule has 9 heteroatoms. The zero-order chi connectivity index (χ0) is 26.1. The molecular weight excluding hydrogens is 490 g/mol. The van der Waals surface area contributed by atoms with Crippen LogP contribution in [0.5, 0.6) is 0 Å². The third kappa shape index (κ3) is 7.13. The van der Waals surface area contributed by atoms with Gasteiger partial charge in [0.05, 0.1) is 29.4 Å². The number of amides is 2. The Morgan fingerprint density at radius 3 is 2.30 bits per heavy atom. The van der Waals surface area contributed by atoms with Crippen molar-refractivity contribution >= 4 is 33.6 Å². The van der Waals surface area contributed by atoms with Crippen LogP contribution in [0.4, 0.5) is 5.69 Å². The second kappa shape index (κ2) is 12.4. The summed E-state index contributed by atoms with van der Waals surface area (Å²) in [5, 5.41) is 5.64. The first-order chi connectivity index (χ1) is 17.9. The Morgan fingerprint density at radius 2 is 1.57 bits per heavy atom. The van der Waals surface area contributed by atoms with Gasteiger partial charge >= 0.3 is 0 Å². The molecule has 0 atom stereocenters. The molecule has 0 aliphatic carbocycles. The standard InChI is InChI=1S/C28H29N3O5S/c32-27(15-12-23-10-13-24(14-11-23)37(34,35)31-18-20-36-21-19-31)30-26-9-5-4-8-25(26)28(33)29-17-16-22-6-2-1-3-7-22/h1-15H,16-21H2,(H,29,33)(H,30,32). The zero-order valence-corrected chi connectivity index (χ0v) is 21.1. The predicted molar refractivity (Wildman–Crippen MR) is 143 cm³/mol. The van der Waals surface area contributed by atoms with Gasteiger partial charge in [-0.25, -0.2) is 8.42 Å². The summed E-state index contributed by atoms with van der Waals surface area (Å²) in [4.78, 5) is 25.4. The van der Waals surface area contributed by atoms with E-state index >= 15 is 0 Å². The fourth-order valence-electron chi connectivity index (χ4n) is 3.88. The molecule has 3 aromatic rings. The Kier molecular flexibility index (Phi) is 8.84. The van der Waals surface area contributed by atoms with E-state index < -0.39 is 15.9 Å². The van der Waals surface area contributed by atoms with Crippen molar-refractivity contribution in [1.29, 1.82) is 0 Å². The van der Waals surface area contributed by atoms with Gasteiger partial charge in [-0.2, -0.15) is 4.31 Å². The molecule has 0 saturated carbocycles. The third-order valence-corrected chi connectivity index (χ3v) is 7.80. The molecule has 1 saturated heterocycles. The molecule has 37 heavy (non-hydrogen) atoms. The molecule has 3 aromatic carbocycles. The number of para-hydroxylation sites is 1. The van der Waals surface area contributed by atoms with Crippen LogP contribution in [0.2, 0.25) is 0 Å². The van der Waals surface area contributed by atoms with Gasteiger partial charge in [-0.3, -0.25) is 9.59 Å². The van der Waals surface area contributed by atoms with Crippen molar-refractivity contribution in [2.45, 2.75) is 11.3 Å². The Balaban J connectivity index is 1.34. The van der Waals surface area contributed by atoms with Crippen molar-refractivity contribution in [3.05, 3.63) is 102 Å². The maximum Gasteiger partial charge on any atom is 0.253 e. The van der Waals surface area contributed by atoms with Crippen molar-refractivity contribution in [2.24, 2.45) is 0 Å². The quantitative estimate of drug-likeness (QED) is 0.422. The molecule has 2 N–H and O–H groups in total. The molecule has 1 aliphatic rings. The Labute approximate surface area is 217 Å². The van der Waals surface area contributed by atoms with Crippen LogP contribution in [-0.2, 0) is 26.0 Å². The van der Waals surface area contributed by atoms with Gasteiger partial charge in [0.15, 0.2) is 0 Å². The SMILES string of the molecule is O=C(C=Cc1ccc(S(=O)(=O)N2CCOCC2)cc1)Nc1ccccc1C(=O)NCCc1ccccc1. The van der Waals surface area contributed by atoms with Crippen LogP contribution in [-0.4, -0.2) is 57.4 Å². The first-order valence-electron chi connectivity index (χ1n) is 12.0. The predicted octanol–water partition coefficient (Wildman–Crippen LogP) is 3.33. The lowest BCUT2D eigenvalue weighted by Gasteiger charge is -2.26. The number of carbonyl (C=O) groups is 2. The Morgan fingerprint density at radius 1 is 0.892 bits per heavy atom. The molecule has 8 nitrogen and oxygen atoms in total. The summed E-state index contributed by atoms with van der Waals surface area (Å²) in [5.41, 5.74) is 2.57. The fraction of sp³-hybridized carbons (Fsp3) is 0.214. The Hall–Kier alpha value is -3.79. The van der Waals surface area contributed by atoms with E-state index in [0.29, 0.717) is 56.1 Å². The van der Waals surface area contributed by atoms with E-state index in [1.54, 1.807) is 42.5 Å². The van der Waals surface area contributed by atoms with Crippen LogP contribution in [0.25, 0.3) is 6.08 Å².